The first kappa shape index (κ1) is 12.1. The number of halogens is 1. The second kappa shape index (κ2) is 5.84. The van der Waals surface area contributed by atoms with Crippen LogP contribution in [0.4, 0.5) is 0 Å². The normalized spacial score (nSPS) is 10.5. The summed E-state index contributed by atoms with van der Waals surface area (Å²) in [6.07, 6.45) is 3.51. The Balaban J connectivity index is 2.23. The van der Waals surface area contributed by atoms with Crippen LogP contribution in [-0.4, -0.2) is 21.5 Å². The first-order valence-corrected chi connectivity index (χ1v) is 6.23. The number of rotatable bonds is 4. The molecular formula is C12H13BrN4. The summed E-state index contributed by atoms with van der Waals surface area (Å²) in [6.45, 7) is 3.75. The van der Waals surface area contributed by atoms with Crippen molar-refractivity contribution in [3.8, 4) is 11.5 Å². The van der Waals surface area contributed by atoms with Crippen LogP contribution in [0.3, 0.4) is 0 Å². The van der Waals surface area contributed by atoms with Crippen molar-refractivity contribution in [1.29, 1.82) is 0 Å². The lowest BCUT2D eigenvalue weighted by atomic mass is 10.3. The molecule has 0 amide bonds. The van der Waals surface area contributed by atoms with E-state index < -0.39 is 0 Å². The maximum absolute atomic E-state index is 4.46. The monoisotopic (exact) mass is 292 g/mol. The smallest absolute Gasteiger partial charge is 0.178 e. The van der Waals surface area contributed by atoms with E-state index in [1.54, 1.807) is 12.4 Å². The molecule has 2 aromatic rings. The zero-order chi connectivity index (χ0) is 12.1. The first-order chi connectivity index (χ1) is 8.29. The first-order valence-electron chi connectivity index (χ1n) is 5.44. The number of hydrogen-bond acceptors (Lipinski definition) is 4. The van der Waals surface area contributed by atoms with Gasteiger partial charge in [-0.15, -0.1) is 0 Å². The van der Waals surface area contributed by atoms with E-state index in [9.17, 15) is 0 Å². The molecule has 0 fully saturated rings. The second-order valence-electron chi connectivity index (χ2n) is 3.51. The highest BCUT2D eigenvalue weighted by Crippen LogP contribution is 2.14. The van der Waals surface area contributed by atoms with Crippen molar-refractivity contribution in [3.05, 3.63) is 40.8 Å². The fraction of sp³-hybridized carbons (Fsp3) is 0.250. The highest BCUT2D eigenvalue weighted by atomic mass is 79.9. The van der Waals surface area contributed by atoms with Gasteiger partial charge in [0.25, 0.3) is 0 Å². The molecule has 0 aliphatic rings. The van der Waals surface area contributed by atoms with Crippen LogP contribution in [0.1, 0.15) is 12.6 Å². The summed E-state index contributed by atoms with van der Waals surface area (Å²) in [5.74, 6) is 0.660. The molecular weight excluding hydrogens is 280 g/mol. The predicted octanol–water partition coefficient (Wildman–Crippen LogP) is 2.41. The molecule has 0 aromatic carbocycles. The molecule has 2 rings (SSSR count). The molecule has 0 saturated carbocycles. The van der Waals surface area contributed by atoms with E-state index in [2.05, 4.69) is 43.1 Å². The minimum Gasteiger partial charge on any atom is -0.311 e. The molecule has 2 aromatic heterocycles. The molecule has 2 heterocycles. The van der Waals surface area contributed by atoms with Gasteiger partial charge in [-0.05, 0) is 40.7 Å². The standard InChI is InChI=1S/C12H13BrN4/c1-2-14-8-10-5-6-15-12(17-10)11-4-3-9(13)7-16-11/h3-7,14H,2,8H2,1H3. The molecule has 0 spiro atoms. The third-order valence-electron chi connectivity index (χ3n) is 2.23. The Labute approximate surface area is 109 Å². The van der Waals surface area contributed by atoms with E-state index in [0.717, 1.165) is 29.0 Å². The van der Waals surface area contributed by atoms with Crippen LogP contribution in [0.15, 0.2) is 35.1 Å². The number of hydrogen-bond donors (Lipinski definition) is 1. The quantitative estimate of drug-likeness (QED) is 0.940. The summed E-state index contributed by atoms with van der Waals surface area (Å²) in [6, 6.07) is 5.74. The van der Waals surface area contributed by atoms with Crippen LogP contribution >= 0.6 is 15.9 Å². The van der Waals surface area contributed by atoms with E-state index in [-0.39, 0.29) is 0 Å². The van der Waals surface area contributed by atoms with E-state index in [0.29, 0.717) is 5.82 Å². The minimum atomic E-state index is 0.660. The number of pyridine rings is 1. The fourth-order valence-electron chi connectivity index (χ4n) is 1.38. The highest BCUT2D eigenvalue weighted by Gasteiger charge is 2.03. The van der Waals surface area contributed by atoms with Crippen molar-refractivity contribution in [2.24, 2.45) is 0 Å². The third kappa shape index (κ3) is 3.31. The zero-order valence-corrected chi connectivity index (χ0v) is 11.1. The Bertz CT molecular complexity index is 484. The molecule has 5 heteroatoms. The Morgan fingerprint density at radius 1 is 1.24 bits per heavy atom. The lowest BCUT2D eigenvalue weighted by Gasteiger charge is -2.03. The summed E-state index contributed by atoms with van der Waals surface area (Å²) in [5, 5.41) is 3.23. The van der Waals surface area contributed by atoms with Crippen LogP contribution in [0.5, 0.6) is 0 Å². The average Bonchev–Trinajstić information content (AvgIpc) is 2.37. The lowest BCUT2D eigenvalue weighted by molar-refractivity contribution is 0.709. The van der Waals surface area contributed by atoms with Gasteiger partial charge in [0.05, 0.1) is 5.69 Å². The molecule has 1 N–H and O–H groups in total. The molecule has 17 heavy (non-hydrogen) atoms. The predicted molar refractivity (Wildman–Crippen MR) is 70.3 cm³/mol. The maximum atomic E-state index is 4.46. The van der Waals surface area contributed by atoms with Crippen molar-refractivity contribution in [2.45, 2.75) is 13.5 Å². The van der Waals surface area contributed by atoms with E-state index in [1.165, 1.54) is 0 Å². The second-order valence-corrected chi connectivity index (χ2v) is 4.43. The van der Waals surface area contributed by atoms with Gasteiger partial charge in [0.2, 0.25) is 0 Å². The van der Waals surface area contributed by atoms with Crippen molar-refractivity contribution in [3.63, 3.8) is 0 Å². The van der Waals surface area contributed by atoms with Gasteiger partial charge in [-0.2, -0.15) is 0 Å². The summed E-state index contributed by atoms with van der Waals surface area (Å²) in [7, 11) is 0. The number of aromatic nitrogens is 3. The summed E-state index contributed by atoms with van der Waals surface area (Å²) in [5.41, 5.74) is 1.76. The highest BCUT2D eigenvalue weighted by molar-refractivity contribution is 9.10. The van der Waals surface area contributed by atoms with Crippen molar-refractivity contribution >= 4 is 15.9 Å². The van der Waals surface area contributed by atoms with Gasteiger partial charge >= 0.3 is 0 Å². The van der Waals surface area contributed by atoms with Crippen LogP contribution in [0.2, 0.25) is 0 Å². The average molecular weight is 293 g/mol. The number of nitrogens with zero attached hydrogens (tertiary/aromatic N) is 3. The lowest BCUT2D eigenvalue weighted by Crippen LogP contribution is -2.13. The van der Waals surface area contributed by atoms with Gasteiger partial charge in [-0.25, -0.2) is 9.97 Å². The fourth-order valence-corrected chi connectivity index (χ4v) is 1.61. The molecule has 88 valence electrons. The van der Waals surface area contributed by atoms with E-state index in [4.69, 9.17) is 0 Å². The third-order valence-corrected chi connectivity index (χ3v) is 2.69. The van der Waals surface area contributed by atoms with Crippen molar-refractivity contribution < 1.29 is 0 Å². The maximum Gasteiger partial charge on any atom is 0.178 e. The molecule has 0 unspecified atom stereocenters. The Hall–Kier alpha value is -1.33. The minimum absolute atomic E-state index is 0.660. The molecule has 0 atom stereocenters. The van der Waals surface area contributed by atoms with Gasteiger partial charge in [0, 0.05) is 23.4 Å². The largest absolute Gasteiger partial charge is 0.311 e. The van der Waals surface area contributed by atoms with Gasteiger partial charge in [0.15, 0.2) is 5.82 Å². The summed E-state index contributed by atoms with van der Waals surface area (Å²) >= 11 is 3.35. The summed E-state index contributed by atoms with van der Waals surface area (Å²) in [4.78, 5) is 13.0. The van der Waals surface area contributed by atoms with E-state index in [1.807, 2.05) is 18.2 Å². The van der Waals surface area contributed by atoms with Crippen LogP contribution in [0, 0.1) is 0 Å². The molecule has 0 saturated heterocycles. The molecule has 0 aliphatic heterocycles. The van der Waals surface area contributed by atoms with Crippen LogP contribution < -0.4 is 5.32 Å². The van der Waals surface area contributed by atoms with Gasteiger partial charge in [-0.3, -0.25) is 4.98 Å². The topological polar surface area (TPSA) is 50.7 Å². The molecule has 0 radical (unpaired) electrons. The Morgan fingerprint density at radius 2 is 2.12 bits per heavy atom. The molecule has 0 bridgehead atoms. The Morgan fingerprint density at radius 3 is 2.82 bits per heavy atom. The van der Waals surface area contributed by atoms with Gasteiger partial charge < -0.3 is 5.32 Å². The summed E-state index contributed by atoms with van der Waals surface area (Å²) < 4.78 is 0.949. The van der Waals surface area contributed by atoms with Gasteiger partial charge in [-0.1, -0.05) is 6.92 Å². The van der Waals surface area contributed by atoms with Crippen LogP contribution in [-0.2, 0) is 6.54 Å². The van der Waals surface area contributed by atoms with E-state index >= 15 is 0 Å². The van der Waals surface area contributed by atoms with Gasteiger partial charge in [0.1, 0.15) is 5.69 Å². The van der Waals surface area contributed by atoms with Crippen molar-refractivity contribution in [1.82, 2.24) is 20.3 Å². The molecule has 4 nitrogen and oxygen atoms in total. The number of nitrogens with one attached hydrogen (secondary N) is 1. The van der Waals surface area contributed by atoms with Crippen LogP contribution in [0.25, 0.3) is 11.5 Å². The SMILES string of the molecule is CCNCc1ccnc(-c2ccc(Br)cn2)n1. The Kier molecular flexibility index (Phi) is 4.17. The van der Waals surface area contributed by atoms with Crippen molar-refractivity contribution in [2.75, 3.05) is 6.54 Å². The zero-order valence-electron chi connectivity index (χ0n) is 9.52. The molecule has 0 aliphatic carbocycles.